The smallest absolute Gasteiger partial charge is 0.0622 e. The van der Waals surface area contributed by atoms with Gasteiger partial charge in [0, 0.05) is 8.95 Å². The van der Waals surface area contributed by atoms with Crippen molar-refractivity contribution in [1.29, 1.82) is 0 Å². The van der Waals surface area contributed by atoms with Crippen LogP contribution < -0.4 is 0 Å². The highest BCUT2D eigenvalue weighted by Crippen LogP contribution is 2.46. The molecule has 0 bridgehead atoms. The fraction of sp³-hybridized carbons (Fsp3) is 0.0270. The van der Waals surface area contributed by atoms with Gasteiger partial charge in [-0.2, -0.15) is 0 Å². The summed E-state index contributed by atoms with van der Waals surface area (Å²) >= 11 is 7.24. The molecule has 0 atom stereocenters. The second-order valence-corrected chi connectivity index (χ2v) is 11.5. The zero-order valence-electron chi connectivity index (χ0n) is 21.3. The summed E-state index contributed by atoms with van der Waals surface area (Å²) in [5.41, 5.74) is 9.23. The Morgan fingerprint density at radius 1 is 0.308 bits per heavy atom. The van der Waals surface area contributed by atoms with Gasteiger partial charge in [-0.3, -0.25) is 0 Å². The third-order valence-corrected chi connectivity index (χ3v) is 8.35. The molecule has 0 unspecified atom stereocenters. The number of hydrogen-bond donors (Lipinski definition) is 0. The van der Waals surface area contributed by atoms with Crippen molar-refractivity contribution < 1.29 is 0 Å². The van der Waals surface area contributed by atoms with E-state index in [0.29, 0.717) is 0 Å². The maximum Gasteiger partial charge on any atom is 0.0701 e. The van der Waals surface area contributed by atoms with Crippen LogP contribution in [-0.2, 0) is 5.41 Å². The summed E-state index contributed by atoms with van der Waals surface area (Å²) in [6.45, 7) is 0. The van der Waals surface area contributed by atoms with Gasteiger partial charge in [0.05, 0.1) is 5.41 Å². The summed E-state index contributed by atoms with van der Waals surface area (Å²) in [5, 5.41) is 0. The lowest BCUT2D eigenvalue weighted by molar-refractivity contribution is 0.745. The van der Waals surface area contributed by atoms with E-state index in [1.54, 1.807) is 0 Å². The Balaban J connectivity index is 1.56. The largest absolute Gasteiger partial charge is 0.0701 e. The summed E-state index contributed by atoms with van der Waals surface area (Å²) in [4.78, 5) is 0. The van der Waals surface area contributed by atoms with Crippen molar-refractivity contribution >= 4 is 31.9 Å². The van der Waals surface area contributed by atoms with Crippen LogP contribution in [-0.4, -0.2) is 0 Å². The van der Waals surface area contributed by atoms with E-state index < -0.39 is 5.41 Å². The zero-order chi connectivity index (χ0) is 26.7. The first-order chi connectivity index (χ1) is 19.1. The van der Waals surface area contributed by atoms with Crippen LogP contribution in [0.5, 0.6) is 0 Å². The fourth-order valence-corrected chi connectivity index (χ4v) is 6.34. The Labute approximate surface area is 247 Å². The molecule has 0 N–H and O–H groups in total. The van der Waals surface area contributed by atoms with Crippen LogP contribution in [0.15, 0.2) is 167 Å². The molecule has 188 valence electrons. The minimum atomic E-state index is -0.478. The molecule has 0 radical (unpaired) electrons. The first-order valence-electron chi connectivity index (χ1n) is 13.0. The number of benzene rings is 6. The quantitative estimate of drug-likeness (QED) is 0.161. The average molecular weight is 630 g/mol. The van der Waals surface area contributed by atoms with Crippen LogP contribution in [0.25, 0.3) is 22.3 Å². The molecule has 2 heteroatoms. The van der Waals surface area contributed by atoms with E-state index in [0.717, 1.165) is 8.95 Å². The van der Waals surface area contributed by atoms with Gasteiger partial charge >= 0.3 is 0 Å². The van der Waals surface area contributed by atoms with Crippen LogP contribution >= 0.6 is 31.9 Å². The molecule has 0 saturated carbocycles. The Morgan fingerprint density at radius 2 is 0.667 bits per heavy atom. The van der Waals surface area contributed by atoms with Crippen molar-refractivity contribution in [3.63, 3.8) is 0 Å². The van der Waals surface area contributed by atoms with Gasteiger partial charge < -0.3 is 0 Å². The summed E-state index contributed by atoms with van der Waals surface area (Å²) in [6.07, 6.45) is 0. The Bertz CT molecular complexity index is 1560. The molecule has 0 heterocycles. The summed E-state index contributed by atoms with van der Waals surface area (Å²) in [7, 11) is 0. The van der Waals surface area contributed by atoms with E-state index in [1.807, 2.05) is 0 Å². The molecule has 0 fully saturated rings. The molecular formula is C37H26Br2. The molecular weight excluding hydrogens is 604 g/mol. The van der Waals surface area contributed by atoms with Crippen LogP contribution in [0.3, 0.4) is 0 Å². The molecule has 0 aliphatic carbocycles. The maximum atomic E-state index is 3.62. The third kappa shape index (κ3) is 5.03. The minimum absolute atomic E-state index is 0.478. The molecule has 6 aromatic rings. The van der Waals surface area contributed by atoms with E-state index in [4.69, 9.17) is 0 Å². The highest BCUT2D eigenvalue weighted by Gasteiger charge is 2.38. The Kier molecular flexibility index (Phi) is 7.32. The minimum Gasteiger partial charge on any atom is -0.0622 e. The van der Waals surface area contributed by atoms with Gasteiger partial charge in [0.1, 0.15) is 0 Å². The second-order valence-electron chi connectivity index (χ2n) is 9.66. The zero-order valence-corrected chi connectivity index (χ0v) is 24.4. The van der Waals surface area contributed by atoms with Crippen LogP contribution in [0.4, 0.5) is 0 Å². The first kappa shape index (κ1) is 25.6. The van der Waals surface area contributed by atoms with Crippen molar-refractivity contribution in [2.45, 2.75) is 5.41 Å². The number of halogens is 2. The molecule has 6 aromatic carbocycles. The molecule has 0 aliphatic heterocycles. The molecule has 39 heavy (non-hydrogen) atoms. The van der Waals surface area contributed by atoms with Crippen LogP contribution in [0, 0.1) is 0 Å². The molecule has 0 aliphatic rings. The van der Waals surface area contributed by atoms with E-state index >= 15 is 0 Å². The van der Waals surface area contributed by atoms with Gasteiger partial charge in [-0.25, -0.2) is 0 Å². The normalized spacial score (nSPS) is 11.3. The van der Waals surface area contributed by atoms with Crippen molar-refractivity contribution in [3.05, 3.63) is 189 Å². The lowest BCUT2D eigenvalue weighted by Crippen LogP contribution is -2.31. The lowest BCUT2D eigenvalue weighted by Gasteiger charge is -2.37. The predicted molar refractivity (Wildman–Crippen MR) is 171 cm³/mol. The SMILES string of the molecule is Brc1cccc(-c2ccc(C(c3ccccc3)(c3ccccc3)c3ccc(-c4cccc(Br)c4)cc3)cc2)c1. The molecule has 0 spiro atoms. The van der Waals surface area contributed by atoms with E-state index in [1.165, 1.54) is 44.5 Å². The summed E-state index contributed by atoms with van der Waals surface area (Å²) in [6, 6.07) is 56.8. The molecule has 0 amide bonds. The molecule has 6 rings (SSSR count). The van der Waals surface area contributed by atoms with Crippen LogP contribution in [0.1, 0.15) is 22.3 Å². The maximum absolute atomic E-state index is 3.62. The lowest BCUT2D eigenvalue weighted by atomic mass is 9.65. The van der Waals surface area contributed by atoms with Crippen molar-refractivity contribution in [2.75, 3.05) is 0 Å². The van der Waals surface area contributed by atoms with Crippen molar-refractivity contribution in [1.82, 2.24) is 0 Å². The van der Waals surface area contributed by atoms with Gasteiger partial charge in [-0.05, 0) is 68.8 Å². The fourth-order valence-electron chi connectivity index (χ4n) is 5.54. The second kappa shape index (κ2) is 11.2. The molecule has 0 saturated heterocycles. The highest BCUT2D eigenvalue weighted by molar-refractivity contribution is 9.10. The number of hydrogen-bond acceptors (Lipinski definition) is 0. The van der Waals surface area contributed by atoms with E-state index in [-0.39, 0.29) is 0 Å². The highest BCUT2D eigenvalue weighted by atomic mass is 79.9. The standard InChI is InChI=1S/C37H26Br2/c38-35-15-7-9-29(25-35)27-17-21-33(22-18-27)37(31-11-3-1-4-12-31,32-13-5-2-6-14-32)34-23-19-28(20-24-34)30-10-8-16-36(39)26-30/h1-26H. The van der Waals surface area contributed by atoms with E-state index in [2.05, 4.69) is 190 Å². The van der Waals surface area contributed by atoms with Crippen molar-refractivity contribution in [3.8, 4) is 22.3 Å². The predicted octanol–water partition coefficient (Wildman–Crippen LogP) is 10.9. The van der Waals surface area contributed by atoms with Gasteiger partial charge in [0.25, 0.3) is 0 Å². The third-order valence-electron chi connectivity index (χ3n) is 7.37. The Morgan fingerprint density at radius 3 is 1.03 bits per heavy atom. The van der Waals surface area contributed by atoms with Gasteiger partial charge in [0.15, 0.2) is 0 Å². The average Bonchev–Trinajstić information content (AvgIpc) is 2.99. The van der Waals surface area contributed by atoms with Gasteiger partial charge in [-0.15, -0.1) is 0 Å². The van der Waals surface area contributed by atoms with Crippen LogP contribution in [0.2, 0.25) is 0 Å². The Hall–Kier alpha value is -3.72. The number of rotatable bonds is 6. The van der Waals surface area contributed by atoms with Crippen molar-refractivity contribution in [2.24, 2.45) is 0 Å². The van der Waals surface area contributed by atoms with E-state index in [9.17, 15) is 0 Å². The first-order valence-corrected chi connectivity index (χ1v) is 14.6. The summed E-state index contributed by atoms with van der Waals surface area (Å²) < 4.78 is 2.16. The van der Waals surface area contributed by atoms with Gasteiger partial charge in [0.2, 0.25) is 0 Å². The monoisotopic (exact) mass is 628 g/mol. The van der Waals surface area contributed by atoms with Gasteiger partial charge in [-0.1, -0.05) is 165 Å². The topological polar surface area (TPSA) is 0 Å². The summed E-state index contributed by atoms with van der Waals surface area (Å²) in [5.74, 6) is 0. The molecule has 0 nitrogen and oxygen atoms in total. The molecule has 0 aromatic heterocycles.